The fraction of sp³-hybridized carbons (Fsp3) is 0.750. The number of piperazine rings is 1. The van der Waals surface area contributed by atoms with Gasteiger partial charge in [0.25, 0.3) is 5.91 Å². The van der Waals surface area contributed by atoms with Gasteiger partial charge in [0, 0.05) is 39.3 Å². The average molecular weight is 325 g/mol. The van der Waals surface area contributed by atoms with Crippen LogP contribution in [0.5, 0.6) is 0 Å². The first-order valence-electron chi connectivity index (χ1n) is 8.29. The van der Waals surface area contributed by atoms with Crippen LogP contribution in [0.3, 0.4) is 0 Å². The zero-order chi connectivity index (χ0) is 16.8. The van der Waals surface area contributed by atoms with Crippen LogP contribution in [0.25, 0.3) is 0 Å². The highest BCUT2D eigenvalue weighted by Crippen LogP contribution is 2.17. The predicted molar refractivity (Wildman–Crippen MR) is 85.5 cm³/mol. The van der Waals surface area contributed by atoms with E-state index in [2.05, 4.69) is 10.1 Å². The van der Waals surface area contributed by atoms with Crippen LogP contribution in [-0.2, 0) is 11.2 Å². The monoisotopic (exact) mass is 325 g/mol. The average Bonchev–Trinajstić information content (AvgIpc) is 2.93. The Morgan fingerprint density at radius 1 is 1.35 bits per heavy atom. The van der Waals surface area contributed by atoms with E-state index >= 15 is 0 Å². The molecule has 1 amide bonds. The molecule has 0 saturated carbocycles. The third kappa shape index (κ3) is 4.53. The SMILES string of the molecule is CCOC[C@H](O)CN1CCN(C(=O)c2c(CC)noc2C)CC1. The van der Waals surface area contributed by atoms with Crippen molar-refractivity contribution in [2.75, 3.05) is 45.9 Å². The van der Waals surface area contributed by atoms with Crippen molar-refractivity contribution in [1.29, 1.82) is 0 Å². The number of aryl methyl sites for hydroxylation is 2. The Kier molecular flexibility index (Phi) is 6.56. The molecule has 0 spiro atoms. The number of carbonyl (C=O) groups excluding carboxylic acids is 1. The molecule has 1 fully saturated rings. The van der Waals surface area contributed by atoms with Crippen molar-refractivity contribution in [2.24, 2.45) is 0 Å². The van der Waals surface area contributed by atoms with Gasteiger partial charge in [-0.2, -0.15) is 0 Å². The lowest BCUT2D eigenvalue weighted by molar-refractivity contribution is 0.0111. The maximum atomic E-state index is 12.7. The molecular formula is C16H27N3O4. The van der Waals surface area contributed by atoms with Crippen LogP contribution in [0, 0.1) is 6.92 Å². The second kappa shape index (κ2) is 8.42. The summed E-state index contributed by atoms with van der Waals surface area (Å²) in [5, 5.41) is 13.8. The molecule has 1 N–H and O–H groups in total. The van der Waals surface area contributed by atoms with E-state index in [0.717, 1.165) is 18.8 Å². The fourth-order valence-electron chi connectivity index (χ4n) is 2.83. The molecule has 1 aliphatic rings. The summed E-state index contributed by atoms with van der Waals surface area (Å²) in [6.45, 7) is 9.99. The number of rotatable bonds is 7. The van der Waals surface area contributed by atoms with Gasteiger partial charge < -0.3 is 19.3 Å². The summed E-state index contributed by atoms with van der Waals surface area (Å²) >= 11 is 0. The zero-order valence-electron chi connectivity index (χ0n) is 14.2. The topological polar surface area (TPSA) is 79.0 Å². The number of hydrogen-bond acceptors (Lipinski definition) is 6. The molecule has 2 heterocycles. The Labute approximate surface area is 137 Å². The van der Waals surface area contributed by atoms with Gasteiger partial charge in [0.2, 0.25) is 0 Å². The van der Waals surface area contributed by atoms with Gasteiger partial charge in [-0.1, -0.05) is 12.1 Å². The van der Waals surface area contributed by atoms with E-state index in [1.165, 1.54) is 0 Å². The number of carbonyl (C=O) groups is 1. The van der Waals surface area contributed by atoms with Crippen LogP contribution in [0.2, 0.25) is 0 Å². The van der Waals surface area contributed by atoms with Crippen molar-refractivity contribution >= 4 is 5.91 Å². The Morgan fingerprint density at radius 2 is 2.04 bits per heavy atom. The standard InChI is InChI=1S/C16H27N3O4/c1-4-14-15(12(3)23-17-14)16(21)19-8-6-18(7-9-19)10-13(20)11-22-5-2/h13,20H,4-11H2,1-3H3/t13-/m1/s1. The van der Waals surface area contributed by atoms with E-state index in [-0.39, 0.29) is 5.91 Å². The highest BCUT2D eigenvalue weighted by molar-refractivity contribution is 5.96. The van der Waals surface area contributed by atoms with Gasteiger partial charge in [0.15, 0.2) is 0 Å². The van der Waals surface area contributed by atoms with Crippen LogP contribution in [0.15, 0.2) is 4.52 Å². The summed E-state index contributed by atoms with van der Waals surface area (Å²) in [6, 6.07) is 0. The molecule has 7 nitrogen and oxygen atoms in total. The number of ether oxygens (including phenoxy) is 1. The molecule has 0 radical (unpaired) electrons. The number of β-amino-alcohol motifs (C(OH)–C–C–N with tert-alkyl or cyclic N) is 1. The van der Waals surface area contributed by atoms with E-state index in [1.54, 1.807) is 6.92 Å². The van der Waals surface area contributed by atoms with E-state index in [9.17, 15) is 9.90 Å². The van der Waals surface area contributed by atoms with Gasteiger partial charge in [-0.05, 0) is 20.3 Å². The number of hydrogen-bond donors (Lipinski definition) is 1. The van der Waals surface area contributed by atoms with Crippen LogP contribution in [0.4, 0.5) is 0 Å². The normalized spacial score (nSPS) is 17.5. The molecule has 1 aromatic heterocycles. The third-order valence-corrected chi connectivity index (χ3v) is 4.12. The zero-order valence-corrected chi connectivity index (χ0v) is 14.2. The minimum atomic E-state index is -0.482. The smallest absolute Gasteiger partial charge is 0.259 e. The molecule has 23 heavy (non-hydrogen) atoms. The number of nitrogens with zero attached hydrogens (tertiary/aromatic N) is 3. The molecule has 0 unspecified atom stereocenters. The molecule has 0 aromatic carbocycles. The van der Waals surface area contributed by atoms with Gasteiger partial charge in [-0.3, -0.25) is 9.69 Å². The number of aliphatic hydroxyl groups is 1. The van der Waals surface area contributed by atoms with Gasteiger partial charge in [-0.15, -0.1) is 0 Å². The fourth-order valence-corrected chi connectivity index (χ4v) is 2.83. The van der Waals surface area contributed by atoms with Gasteiger partial charge in [0.05, 0.1) is 18.4 Å². The summed E-state index contributed by atoms with van der Waals surface area (Å²) in [6.07, 6.45) is 0.200. The van der Waals surface area contributed by atoms with E-state index in [4.69, 9.17) is 9.26 Å². The Hall–Kier alpha value is -1.44. The predicted octanol–water partition coefficient (Wildman–Crippen LogP) is 0.701. The molecule has 0 aliphatic carbocycles. The molecule has 0 bridgehead atoms. The van der Waals surface area contributed by atoms with E-state index < -0.39 is 6.10 Å². The lowest BCUT2D eigenvalue weighted by atomic mass is 10.1. The first-order valence-corrected chi connectivity index (χ1v) is 8.29. The first-order chi connectivity index (χ1) is 11.1. The summed E-state index contributed by atoms with van der Waals surface area (Å²) < 4.78 is 10.4. The second-order valence-corrected chi connectivity index (χ2v) is 5.82. The number of amides is 1. The molecule has 1 aliphatic heterocycles. The van der Waals surface area contributed by atoms with Gasteiger partial charge in [0.1, 0.15) is 11.3 Å². The number of aromatic nitrogens is 1. The molecule has 2 rings (SSSR count). The van der Waals surface area contributed by atoms with Crippen molar-refractivity contribution in [1.82, 2.24) is 15.0 Å². The van der Waals surface area contributed by atoms with Crippen molar-refractivity contribution in [3.8, 4) is 0 Å². The van der Waals surface area contributed by atoms with E-state index in [0.29, 0.717) is 50.6 Å². The molecular weight excluding hydrogens is 298 g/mol. The maximum Gasteiger partial charge on any atom is 0.259 e. The van der Waals surface area contributed by atoms with Crippen molar-refractivity contribution < 1.29 is 19.2 Å². The first kappa shape index (κ1) is 17.9. The highest BCUT2D eigenvalue weighted by Gasteiger charge is 2.27. The summed E-state index contributed by atoms with van der Waals surface area (Å²) in [5.41, 5.74) is 1.33. The molecule has 130 valence electrons. The van der Waals surface area contributed by atoms with Crippen molar-refractivity contribution in [2.45, 2.75) is 33.3 Å². The summed E-state index contributed by atoms with van der Waals surface area (Å²) in [5.74, 6) is 0.580. The summed E-state index contributed by atoms with van der Waals surface area (Å²) in [7, 11) is 0. The molecule has 1 aromatic rings. The van der Waals surface area contributed by atoms with Crippen LogP contribution >= 0.6 is 0 Å². The minimum Gasteiger partial charge on any atom is -0.389 e. The Bertz CT molecular complexity index is 509. The Morgan fingerprint density at radius 3 is 2.65 bits per heavy atom. The van der Waals surface area contributed by atoms with Crippen molar-refractivity contribution in [3.63, 3.8) is 0 Å². The lowest BCUT2D eigenvalue weighted by Crippen LogP contribution is -2.51. The molecule has 1 saturated heterocycles. The highest BCUT2D eigenvalue weighted by atomic mass is 16.5. The van der Waals surface area contributed by atoms with Crippen LogP contribution in [0.1, 0.15) is 35.7 Å². The Balaban J connectivity index is 1.86. The molecule has 1 atom stereocenters. The van der Waals surface area contributed by atoms with Gasteiger partial charge in [-0.25, -0.2) is 0 Å². The minimum absolute atomic E-state index is 0.00452. The largest absolute Gasteiger partial charge is 0.389 e. The second-order valence-electron chi connectivity index (χ2n) is 5.82. The summed E-state index contributed by atoms with van der Waals surface area (Å²) in [4.78, 5) is 16.7. The lowest BCUT2D eigenvalue weighted by Gasteiger charge is -2.35. The molecule has 7 heteroatoms. The van der Waals surface area contributed by atoms with E-state index in [1.807, 2.05) is 18.7 Å². The maximum absolute atomic E-state index is 12.7. The van der Waals surface area contributed by atoms with Crippen molar-refractivity contribution in [3.05, 3.63) is 17.0 Å². The quantitative estimate of drug-likeness (QED) is 0.795. The number of aliphatic hydroxyl groups excluding tert-OH is 1. The van der Waals surface area contributed by atoms with Crippen LogP contribution < -0.4 is 0 Å². The third-order valence-electron chi connectivity index (χ3n) is 4.12. The van der Waals surface area contributed by atoms with Crippen LogP contribution in [-0.4, -0.2) is 78.0 Å². The van der Waals surface area contributed by atoms with Gasteiger partial charge >= 0.3 is 0 Å².